The molecule has 18 atom stereocenters. The van der Waals surface area contributed by atoms with Gasteiger partial charge in [0.05, 0.1) is 78.6 Å². The van der Waals surface area contributed by atoms with Gasteiger partial charge in [0.15, 0.2) is 11.6 Å². The molecule has 0 radical (unpaired) electrons. The Morgan fingerprint density at radius 3 is 2.30 bits per heavy atom. The minimum absolute atomic E-state index is 0.00822. The van der Waals surface area contributed by atoms with Gasteiger partial charge < -0.3 is 44.3 Å². The van der Waals surface area contributed by atoms with Crippen molar-refractivity contribution in [3.63, 3.8) is 0 Å². The Hall–Kier alpha value is -2.82. The summed E-state index contributed by atoms with van der Waals surface area (Å²) >= 11 is 0. The number of carboxylic acids is 1. The van der Waals surface area contributed by atoms with E-state index < -0.39 is 82.9 Å². The first-order valence-corrected chi connectivity index (χ1v) is 24.4. The van der Waals surface area contributed by atoms with Crippen LogP contribution in [0.4, 0.5) is 0 Å². The van der Waals surface area contributed by atoms with Crippen molar-refractivity contribution in [2.24, 2.45) is 41.4 Å². The molecule has 1 amide bonds. The zero-order valence-electron chi connectivity index (χ0n) is 40.1. The first-order valence-electron chi connectivity index (χ1n) is 24.4. The van der Waals surface area contributed by atoms with Crippen LogP contribution in [0.15, 0.2) is 36.5 Å². The third-order valence-electron chi connectivity index (χ3n) is 16.2. The highest BCUT2D eigenvalue weighted by Crippen LogP contribution is 2.54. The van der Waals surface area contributed by atoms with E-state index >= 15 is 0 Å². The third-order valence-corrected chi connectivity index (χ3v) is 16.2. The maximum Gasteiger partial charge on any atom is 0.309 e. The zero-order valence-corrected chi connectivity index (χ0v) is 40.1. The Bertz CT molecular complexity index is 1790. The van der Waals surface area contributed by atoms with Crippen molar-refractivity contribution in [1.29, 1.82) is 0 Å². The molecule has 0 aliphatic carbocycles. The molecule has 0 bridgehead atoms. The summed E-state index contributed by atoms with van der Waals surface area (Å²) < 4.78 is 34.7. The van der Waals surface area contributed by atoms with Crippen LogP contribution in [-0.2, 0) is 44.6 Å². The third kappa shape index (κ3) is 10.3. The lowest BCUT2D eigenvalue weighted by Crippen LogP contribution is -2.65. The fourth-order valence-electron chi connectivity index (χ4n) is 11.7. The lowest BCUT2D eigenvalue weighted by Gasteiger charge is -2.55. The number of aliphatic hydroxyl groups excluding tert-OH is 1. The van der Waals surface area contributed by atoms with Crippen LogP contribution in [-0.4, -0.2) is 110 Å². The number of amides is 1. The van der Waals surface area contributed by atoms with Crippen LogP contribution in [0.25, 0.3) is 0 Å². The van der Waals surface area contributed by atoms with E-state index in [1.165, 1.54) is 0 Å². The molecular formula is C50H79N3O11. The smallest absolute Gasteiger partial charge is 0.309 e. The van der Waals surface area contributed by atoms with Crippen molar-refractivity contribution in [3.05, 3.63) is 42.2 Å². The number of ether oxygens (including phenoxy) is 5. The highest BCUT2D eigenvalue weighted by Gasteiger charge is 2.63. The quantitative estimate of drug-likeness (QED) is 0.107. The van der Waals surface area contributed by atoms with Crippen molar-refractivity contribution < 1.29 is 53.4 Å². The molecule has 14 nitrogen and oxygen atoms in total. The molecule has 1 aromatic heterocycles. The number of aromatic nitrogens is 1. The summed E-state index contributed by atoms with van der Waals surface area (Å²) in [4.78, 5) is 44.3. The zero-order chi connectivity index (χ0) is 46.8. The highest BCUT2D eigenvalue weighted by molar-refractivity contribution is 5.84. The lowest BCUT2D eigenvalue weighted by molar-refractivity contribution is -0.398. The second-order valence-corrected chi connectivity index (χ2v) is 20.4. The standard InChI is InChI=1S/C50H79N3O11/c1-11-36(46(57)58)38-18-17-29(4)44(61-38)33(8)42(55)32(7)43(56)37(12-2)45-30(5)26-31(6)49(62-45)22-19-39(52-28-41(54)53-27-35-16-14-15-25-51-35)50(64-49)24-23-47(10,63-50)40-20-21-48(59,13-3)34(9)60-40/h14-16,19,22,25,29-34,36-40,42,44-45,52,55,59H,11-13,17-18,20-21,23-24,26-28H2,1-10H3,(H,53,54)(H,57,58)/t29-,30-,31+,32-,33-,34-,36+,37?,38+,39+,40+,42+,44+,45-,47-,48+,49-,50-/m0/s1. The Labute approximate surface area is 381 Å². The van der Waals surface area contributed by atoms with E-state index in [0.717, 1.165) is 12.1 Å². The van der Waals surface area contributed by atoms with Gasteiger partial charge >= 0.3 is 5.97 Å². The molecular weight excluding hydrogens is 819 g/mol. The fraction of sp³-hybridized carbons (Fsp3) is 0.800. The van der Waals surface area contributed by atoms with Gasteiger partial charge in [-0.3, -0.25) is 24.7 Å². The lowest BCUT2D eigenvalue weighted by atomic mass is 9.72. The van der Waals surface area contributed by atoms with Crippen LogP contribution >= 0.6 is 0 Å². The number of hydrogen-bond donors (Lipinski definition) is 5. The van der Waals surface area contributed by atoms with Gasteiger partial charge in [-0.25, -0.2) is 0 Å². The molecule has 0 aromatic carbocycles. The van der Waals surface area contributed by atoms with Gasteiger partial charge in [0.1, 0.15) is 5.78 Å². The maximum atomic E-state index is 14.7. The average Bonchev–Trinajstić information content (AvgIpc) is 3.62. The van der Waals surface area contributed by atoms with Crippen molar-refractivity contribution in [2.45, 2.75) is 205 Å². The number of ketones is 1. The number of aliphatic carboxylic acids is 1. The van der Waals surface area contributed by atoms with Gasteiger partial charge in [0, 0.05) is 36.3 Å². The number of nitrogens with zero attached hydrogens (tertiary/aromatic N) is 1. The number of nitrogens with one attached hydrogen (secondary N) is 2. The van der Waals surface area contributed by atoms with Gasteiger partial charge in [-0.2, -0.15) is 0 Å². The number of carbonyl (C=O) groups is 3. The summed E-state index contributed by atoms with van der Waals surface area (Å²) in [7, 11) is 0. The SMILES string of the molecule is CCC(C(=O)[C@@H](C)[C@@H](O)[C@H](C)[C@@H]1O[C@@H]([C@@H](CC)C(=O)O)CC[C@@H]1C)[C@H]1O[C@]2(C=C[C@@H](NCC(=O)NCc3ccccn3)[C@]3(CC[C@@](C)([C@H]4CC[C@](O)(CC)[C@H](C)O4)O3)O2)[C@H](C)C[C@@H]1C. The second-order valence-electron chi connectivity index (χ2n) is 20.4. The minimum Gasteiger partial charge on any atom is -0.481 e. The summed E-state index contributed by atoms with van der Waals surface area (Å²) in [6.45, 7) is 20.0. The largest absolute Gasteiger partial charge is 0.481 e. The topological polar surface area (TPSA) is 195 Å². The molecule has 2 spiro atoms. The van der Waals surface area contributed by atoms with Crippen LogP contribution < -0.4 is 10.6 Å². The van der Waals surface area contributed by atoms with Crippen molar-refractivity contribution in [2.75, 3.05) is 6.54 Å². The normalized spacial score (nSPS) is 40.1. The van der Waals surface area contributed by atoms with Crippen molar-refractivity contribution in [3.8, 4) is 0 Å². The number of Topliss-reactive ketones (excluding diaryl/α,β-unsaturated/α-hetero) is 1. The monoisotopic (exact) mass is 898 g/mol. The molecule has 5 aliphatic rings. The summed E-state index contributed by atoms with van der Waals surface area (Å²) in [6.07, 6.45) is 8.43. The summed E-state index contributed by atoms with van der Waals surface area (Å²) in [5.74, 6) is -6.11. The van der Waals surface area contributed by atoms with Crippen LogP contribution in [0.5, 0.6) is 0 Å². The number of carbonyl (C=O) groups excluding carboxylic acids is 2. The van der Waals surface area contributed by atoms with Crippen LogP contribution in [0.1, 0.15) is 139 Å². The number of rotatable bonds is 17. The Balaban J connectivity index is 1.22. The van der Waals surface area contributed by atoms with Gasteiger partial charge in [-0.1, -0.05) is 67.5 Å². The molecule has 5 aliphatic heterocycles. The van der Waals surface area contributed by atoms with E-state index in [1.54, 1.807) is 13.1 Å². The molecule has 1 aromatic rings. The van der Waals surface area contributed by atoms with Crippen LogP contribution in [0.3, 0.4) is 0 Å². The molecule has 6 rings (SSSR count). The molecule has 14 heteroatoms. The summed E-state index contributed by atoms with van der Waals surface area (Å²) in [6, 6.07) is 5.02. The number of hydrogen-bond acceptors (Lipinski definition) is 12. The minimum atomic E-state index is -1.27. The van der Waals surface area contributed by atoms with Crippen LogP contribution in [0.2, 0.25) is 0 Å². The van der Waals surface area contributed by atoms with Gasteiger partial charge in [-0.05, 0) is 102 Å². The first kappa shape index (κ1) is 50.6. The molecule has 4 fully saturated rings. The first-order chi connectivity index (χ1) is 30.3. The Morgan fingerprint density at radius 2 is 1.66 bits per heavy atom. The van der Waals surface area contributed by atoms with Gasteiger partial charge in [0.2, 0.25) is 5.91 Å². The number of aliphatic hydroxyl groups is 2. The predicted molar refractivity (Wildman–Crippen MR) is 241 cm³/mol. The van der Waals surface area contributed by atoms with E-state index in [9.17, 15) is 29.7 Å². The van der Waals surface area contributed by atoms with E-state index in [1.807, 2.05) is 71.9 Å². The molecule has 6 heterocycles. The fourth-order valence-corrected chi connectivity index (χ4v) is 11.7. The number of carboxylic acid groups (broad SMARTS) is 1. The molecule has 5 N–H and O–H groups in total. The predicted octanol–water partition coefficient (Wildman–Crippen LogP) is 6.50. The maximum absolute atomic E-state index is 14.7. The van der Waals surface area contributed by atoms with Gasteiger partial charge in [0.25, 0.3) is 0 Å². The highest BCUT2D eigenvalue weighted by atomic mass is 16.8. The van der Waals surface area contributed by atoms with E-state index in [0.29, 0.717) is 64.3 Å². The van der Waals surface area contributed by atoms with Crippen LogP contribution in [0, 0.1) is 41.4 Å². The van der Waals surface area contributed by atoms with E-state index in [2.05, 4.69) is 36.4 Å². The Morgan fingerprint density at radius 1 is 0.922 bits per heavy atom. The van der Waals surface area contributed by atoms with Crippen molar-refractivity contribution in [1.82, 2.24) is 15.6 Å². The summed E-state index contributed by atoms with van der Waals surface area (Å²) in [5.41, 5.74) is -0.943. The Kier molecular flexibility index (Phi) is 16.3. The van der Waals surface area contributed by atoms with E-state index in [4.69, 9.17) is 23.7 Å². The van der Waals surface area contributed by atoms with Crippen molar-refractivity contribution >= 4 is 17.7 Å². The molecule has 1 unspecified atom stereocenters. The summed E-state index contributed by atoms with van der Waals surface area (Å²) in [5, 5.41) is 39.4. The second kappa shape index (κ2) is 20.6. The van der Waals surface area contributed by atoms with Gasteiger partial charge in [-0.15, -0.1) is 0 Å². The number of pyridine rings is 1. The molecule has 360 valence electrons. The molecule has 0 saturated carbocycles. The van der Waals surface area contributed by atoms with E-state index in [-0.39, 0.29) is 48.2 Å². The molecule has 64 heavy (non-hydrogen) atoms. The average molecular weight is 898 g/mol. The molecule has 4 saturated heterocycles.